The summed E-state index contributed by atoms with van der Waals surface area (Å²) in [5.74, 6) is -0.884. The van der Waals surface area contributed by atoms with Crippen molar-refractivity contribution in [2.45, 2.75) is 51.1 Å². The molecule has 7 heteroatoms. The van der Waals surface area contributed by atoms with Crippen LogP contribution in [0.5, 0.6) is 0 Å². The number of nitrogens with one attached hydrogen (secondary N) is 1. The molecule has 0 spiro atoms. The molecular weight excluding hydrogens is 380 g/mol. The number of hydrogen-bond acceptors (Lipinski definition) is 4. The van der Waals surface area contributed by atoms with Gasteiger partial charge in [0.05, 0.1) is 5.41 Å². The van der Waals surface area contributed by atoms with Gasteiger partial charge in [0.2, 0.25) is 5.91 Å². The van der Waals surface area contributed by atoms with Crippen molar-refractivity contribution in [3.05, 3.63) is 47.5 Å². The summed E-state index contributed by atoms with van der Waals surface area (Å²) >= 11 is 0. The van der Waals surface area contributed by atoms with E-state index in [0.717, 1.165) is 37.7 Å². The van der Waals surface area contributed by atoms with E-state index >= 15 is 0 Å². The normalized spacial score (nSPS) is 26.8. The summed E-state index contributed by atoms with van der Waals surface area (Å²) in [5, 5.41) is 2.52. The van der Waals surface area contributed by atoms with Gasteiger partial charge in [0.25, 0.3) is 11.8 Å². The zero-order valence-electron chi connectivity index (χ0n) is 17.6. The van der Waals surface area contributed by atoms with Crippen molar-refractivity contribution in [1.29, 1.82) is 0 Å². The minimum Gasteiger partial charge on any atom is -0.369 e. The van der Waals surface area contributed by atoms with E-state index in [2.05, 4.69) is 5.32 Å². The highest BCUT2D eigenvalue weighted by Gasteiger charge is 2.44. The molecule has 0 saturated heterocycles. The fraction of sp³-hybridized carbons (Fsp3) is 0.522. The summed E-state index contributed by atoms with van der Waals surface area (Å²) in [7, 11) is 1.48. The molecule has 3 rings (SSSR count). The Bertz CT molecular complexity index is 815. The number of rotatable bonds is 7. The predicted octanol–water partition coefficient (Wildman–Crippen LogP) is 1.47. The Kier molecular flexibility index (Phi) is 6.92. The van der Waals surface area contributed by atoms with E-state index in [4.69, 9.17) is 11.5 Å². The molecule has 1 aliphatic heterocycles. The van der Waals surface area contributed by atoms with E-state index < -0.39 is 17.2 Å². The Balaban J connectivity index is 1.86. The number of hydrogen-bond donors (Lipinski definition) is 3. The van der Waals surface area contributed by atoms with E-state index in [0.29, 0.717) is 18.9 Å². The molecule has 0 aromatic heterocycles. The number of nitrogens with zero attached hydrogens (tertiary/aromatic N) is 1. The van der Waals surface area contributed by atoms with Gasteiger partial charge in [0, 0.05) is 26.2 Å². The lowest BCUT2D eigenvalue weighted by Gasteiger charge is -2.39. The summed E-state index contributed by atoms with van der Waals surface area (Å²) < 4.78 is 0. The predicted molar refractivity (Wildman–Crippen MR) is 115 cm³/mol. The minimum absolute atomic E-state index is 0.0100. The monoisotopic (exact) mass is 412 g/mol. The van der Waals surface area contributed by atoms with Crippen LogP contribution in [0.2, 0.25) is 0 Å². The zero-order chi connectivity index (χ0) is 21.7. The molecule has 0 radical (unpaired) electrons. The second-order valence-electron chi connectivity index (χ2n) is 8.62. The summed E-state index contributed by atoms with van der Waals surface area (Å²) in [6, 6.07) is 9.80. The first kappa shape index (κ1) is 22.0. The average Bonchev–Trinajstić information content (AvgIpc) is 2.75. The van der Waals surface area contributed by atoms with Crippen LogP contribution in [0.15, 0.2) is 42.0 Å². The summed E-state index contributed by atoms with van der Waals surface area (Å²) in [6.07, 6.45) is 6.91. The minimum atomic E-state index is -1.05. The Hall–Kier alpha value is -2.67. The van der Waals surface area contributed by atoms with Crippen molar-refractivity contribution in [3.8, 4) is 0 Å². The third-order valence-electron chi connectivity index (χ3n) is 6.48. The molecule has 162 valence electrons. The Morgan fingerprint density at radius 1 is 1.17 bits per heavy atom. The molecule has 7 nitrogen and oxygen atoms in total. The van der Waals surface area contributed by atoms with Gasteiger partial charge < -0.3 is 21.7 Å². The van der Waals surface area contributed by atoms with E-state index in [1.807, 2.05) is 30.3 Å². The van der Waals surface area contributed by atoms with Gasteiger partial charge in [-0.1, -0.05) is 30.3 Å². The van der Waals surface area contributed by atoms with Crippen LogP contribution in [0.25, 0.3) is 0 Å². The maximum atomic E-state index is 13.0. The molecule has 1 aromatic carbocycles. The number of primary amides is 1. The lowest BCUT2D eigenvalue weighted by atomic mass is 9.73. The molecule has 3 amide bonds. The molecule has 1 aromatic rings. The van der Waals surface area contributed by atoms with E-state index in [1.165, 1.54) is 13.1 Å². The quantitative estimate of drug-likeness (QED) is 0.588. The van der Waals surface area contributed by atoms with Gasteiger partial charge in [-0.2, -0.15) is 0 Å². The van der Waals surface area contributed by atoms with Gasteiger partial charge in [-0.05, 0) is 56.1 Å². The second-order valence-corrected chi connectivity index (χ2v) is 8.62. The second kappa shape index (κ2) is 9.43. The van der Waals surface area contributed by atoms with Crippen molar-refractivity contribution >= 4 is 17.7 Å². The molecule has 1 fully saturated rings. The molecule has 1 aliphatic carbocycles. The fourth-order valence-electron chi connectivity index (χ4n) is 4.56. The van der Waals surface area contributed by atoms with Crippen molar-refractivity contribution in [2.75, 3.05) is 13.6 Å². The van der Waals surface area contributed by atoms with Crippen molar-refractivity contribution < 1.29 is 14.4 Å². The number of carbonyl (C=O) groups excluding carboxylic acids is 3. The maximum absolute atomic E-state index is 13.0. The van der Waals surface area contributed by atoms with Crippen LogP contribution in [0.4, 0.5) is 0 Å². The van der Waals surface area contributed by atoms with E-state index in [9.17, 15) is 14.4 Å². The van der Waals surface area contributed by atoms with Gasteiger partial charge in [-0.25, -0.2) is 0 Å². The fourth-order valence-corrected chi connectivity index (χ4v) is 4.56. The maximum Gasteiger partial charge on any atom is 0.259 e. The molecule has 30 heavy (non-hydrogen) atoms. The number of benzene rings is 1. The summed E-state index contributed by atoms with van der Waals surface area (Å²) in [4.78, 5) is 39.7. The number of amides is 3. The first-order valence-electron chi connectivity index (χ1n) is 10.7. The summed E-state index contributed by atoms with van der Waals surface area (Å²) in [6.45, 7) is 0.504. The molecule has 5 N–H and O–H groups in total. The molecule has 1 saturated carbocycles. The van der Waals surface area contributed by atoms with Gasteiger partial charge in [0.1, 0.15) is 5.57 Å². The smallest absolute Gasteiger partial charge is 0.259 e. The number of nitrogens with two attached hydrogens (primary N) is 2. The molecular formula is C23H32N4O3. The van der Waals surface area contributed by atoms with Crippen LogP contribution in [-0.2, 0) is 20.9 Å². The SMILES string of the molecule is CNC(=O)C1=CC(CC[C@H]2CC[C@@H](N)CC2)(C(N)=O)CN(Cc2ccccc2)C1=O. The largest absolute Gasteiger partial charge is 0.369 e. The average molecular weight is 413 g/mol. The van der Waals surface area contributed by atoms with Crippen molar-refractivity contribution in [2.24, 2.45) is 22.8 Å². The molecule has 1 unspecified atom stereocenters. The van der Waals surface area contributed by atoms with Crippen molar-refractivity contribution in [3.63, 3.8) is 0 Å². The summed E-state index contributed by atoms with van der Waals surface area (Å²) in [5.41, 5.74) is 11.8. The van der Waals surface area contributed by atoms with Crippen LogP contribution >= 0.6 is 0 Å². The van der Waals surface area contributed by atoms with Crippen LogP contribution in [-0.4, -0.2) is 42.3 Å². The van der Waals surface area contributed by atoms with E-state index in [-0.39, 0.29) is 24.1 Å². The topological polar surface area (TPSA) is 119 Å². The Morgan fingerprint density at radius 3 is 2.43 bits per heavy atom. The highest BCUT2D eigenvalue weighted by atomic mass is 16.2. The molecule has 2 aliphatic rings. The lowest BCUT2D eigenvalue weighted by molar-refractivity contribution is -0.136. The Morgan fingerprint density at radius 2 is 1.83 bits per heavy atom. The first-order valence-corrected chi connectivity index (χ1v) is 10.7. The van der Waals surface area contributed by atoms with Crippen LogP contribution < -0.4 is 16.8 Å². The first-order chi connectivity index (χ1) is 14.3. The van der Waals surface area contributed by atoms with Gasteiger partial charge >= 0.3 is 0 Å². The van der Waals surface area contributed by atoms with Gasteiger partial charge in [-0.15, -0.1) is 0 Å². The van der Waals surface area contributed by atoms with E-state index in [1.54, 1.807) is 4.90 Å². The molecule has 1 atom stereocenters. The van der Waals surface area contributed by atoms with Crippen LogP contribution in [0, 0.1) is 11.3 Å². The highest BCUT2D eigenvalue weighted by Crippen LogP contribution is 2.37. The van der Waals surface area contributed by atoms with Crippen LogP contribution in [0.3, 0.4) is 0 Å². The van der Waals surface area contributed by atoms with Gasteiger partial charge in [-0.3, -0.25) is 14.4 Å². The van der Waals surface area contributed by atoms with Crippen LogP contribution in [0.1, 0.15) is 44.1 Å². The molecule has 1 heterocycles. The van der Waals surface area contributed by atoms with Crippen molar-refractivity contribution in [1.82, 2.24) is 10.2 Å². The van der Waals surface area contributed by atoms with Gasteiger partial charge in [0.15, 0.2) is 0 Å². The lowest BCUT2D eigenvalue weighted by Crippen LogP contribution is -2.53. The number of likely N-dealkylation sites (N-methyl/N-ethyl adjacent to an activating group) is 1. The third kappa shape index (κ3) is 4.90. The Labute approximate surface area is 177 Å². The zero-order valence-corrected chi connectivity index (χ0v) is 17.6. The third-order valence-corrected chi connectivity index (χ3v) is 6.48. The number of carbonyl (C=O) groups is 3. The highest BCUT2D eigenvalue weighted by molar-refractivity contribution is 6.19. The molecule has 0 bridgehead atoms. The standard InChI is InChI=1S/C23H32N4O3/c1-26-20(28)19-13-23(22(25)30,12-11-16-7-9-18(24)10-8-16)15-27(21(19)29)14-17-5-3-2-4-6-17/h2-6,13,16,18H,7-12,14-15,24H2,1H3,(H2,25,30)(H,26,28)/t16-,18+,23?.